The minimum Gasteiger partial charge on any atom is -0.378 e. The van der Waals surface area contributed by atoms with Gasteiger partial charge in [0.05, 0.1) is 10.6 Å². The Balaban J connectivity index is 2.03. The SMILES string of the molecule is Cn1ccc(CCNc2ncnc(N)c2[N+](=O)[O-])n1. The Kier molecular flexibility index (Phi) is 3.55. The molecule has 0 aromatic carbocycles. The molecule has 0 spiro atoms. The molecule has 2 aromatic rings. The average Bonchev–Trinajstić information content (AvgIpc) is 2.74. The molecular formula is C10H13N7O2. The quantitative estimate of drug-likeness (QED) is 0.589. The van der Waals surface area contributed by atoms with Crippen molar-refractivity contribution in [2.75, 3.05) is 17.6 Å². The number of anilines is 2. The standard InChI is InChI=1S/C10H13N7O2/c1-16-5-3-7(15-16)2-4-12-10-8(17(18)19)9(11)13-6-14-10/h3,5-6H,2,4H2,1H3,(H3,11,12,13,14). The third-order valence-corrected chi connectivity index (χ3v) is 2.48. The fourth-order valence-electron chi connectivity index (χ4n) is 1.61. The lowest BCUT2D eigenvalue weighted by Gasteiger charge is -2.05. The number of rotatable bonds is 5. The third kappa shape index (κ3) is 2.94. The first-order chi connectivity index (χ1) is 9.08. The second kappa shape index (κ2) is 5.29. The van der Waals surface area contributed by atoms with Crippen LogP contribution in [-0.2, 0) is 13.5 Å². The van der Waals surface area contributed by atoms with Gasteiger partial charge in [0, 0.05) is 26.2 Å². The van der Waals surface area contributed by atoms with E-state index in [1.807, 2.05) is 19.3 Å². The first-order valence-electron chi connectivity index (χ1n) is 5.55. The molecular weight excluding hydrogens is 250 g/mol. The Morgan fingerprint density at radius 3 is 2.95 bits per heavy atom. The maximum Gasteiger partial charge on any atom is 0.352 e. The summed E-state index contributed by atoms with van der Waals surface area (Å²) in [6, 6.07) is 1.88. The second-order valence-electron chi connectivity index (χ2n) is 3.87. The summed E-state index contributed by atoms with van der Waals surface area (Å²) in [6.07, 6.45) is 3.65. The predicted molar refractivity (Wildman–Crippen MR) is 68.5 cm³/mol. The smallest absolute Gasteiger partial charge is 0.352 e. The summed E-state index contributed by atoms with van der Waals surface area (Å²) < 4.78 is 1.69. The zero-order valence-corrected chi connectivity index (χ0v) is 10.3. The van der Waals surface area contributed by atoms with E-state index >= 15 is 0 Å². The van der Waals surface area contributed by atoms with E-state index < -0.39 is 4.92 Å². The lowest BCUT2D eigenvalue weighted by Crippen LogP contribution is -2.11. The zero-order valence-electron chi connectivity index (χ0n) is 10.3. The van der Waals surface area contributed by atoms with Gasteiger partial charge in [-0.2, -0.15) is 5.10 Å². The number of aromatic nitrogens is 4. The van der Waals surface area contributed by atoms with Gasteiger partial charge in [-0.05, 0) is 6.07 Å². The van der Waals surface area contributed by atoms with Gasteiger partial charge in [-0.1, -0.05) is 0 Å². The molecule has 3 N–H and O–H groups in total. The molecule has 0 amide bonds. The Labute approximate surface area is 108 Å². The Bertz CT molecular complexity index is 595. The number of nitrogens with one attached hydrogen (secondary N) is 1. The van der Waals surface area contributed by atoms with Gasteiger partial charge >= 0.3 is 5.69 Å². The van der Waals surface area contributed by atoms with Crippen LogP contribution in [0.2, 0.25) is 0 Å². The topological polar surface area (TPSA) is 125 Å². The molecule has 9 nitrogen and oxygen atoms in total. The van der Waals surface area contributed by atoms with Gasteiger partial charge in [0.25, 0.3) is 0 Å². The average molecular weight is 263 g/mol. The highest BCUT2D eigenvalue weighted by molar-refractivity contribution is 5.67. The van der Waals surface area contributed by atoms with Crippen LogP contribution in [0.4, 0.5) is 17.3 Å². The second-order valence-corrected chi connectivity index (χ2v) is 3.87. The molecule has 0 radical (unpaired) electrons. The lowest BCUT2D eigenvalue weighted by molar-refractivity contribution is -0.383. The van der Waals surface area contributed by atoms with Crippen LogP contribution < -0.4 is 11.1 Å². The predicted octanol–water partition coefficient (Wildman–Crippen LogP) is 0.355. The van der Waals surface area contributed by atoms with Crippen molar-refractivity contribution in [3.8, 4) is 0 Å². The molecule has 9 heteroatoms. The zero-order chi connectivity index (χ0) is 13.8. The largest absolute Gasteiger partial charge is 0.378 e. The first kappa shape index (κ1) is 12.7. The van der Waals surface area contributed by atoms with Gasteiger partial charge in [-0.15, -0.1) is 0 Å². The maximum absolute atomic E-state index is 10.9. The summed E-state index contributed by atoms with van der Waals surface area (Å²) >= 11 is 0. The van der Waals surface area contributed by atoms with Crippen LogP contribution in [0.1, 0.15) is 5.69 Å². The van der Waals surface area contributed by atoms with Gasteiger partial charge < -0.3 is 11.1 Å². The van der Waals surface area contributed by atoms with Crippen molar-refractivity contribution in [1.29, 1.82) is 0 Å². The first-order valence-corrected chi connectivity index (χ1v) is 5.55. The van der Waals surface area contributed by atoms with E-state index in [0.29, 0.717) is 13.0 Å². The summed E-state index contributed by atoms with van der Waals surface area (Å²) in [4.78, 5) is 17.7. The van der Waals surface area contributed by atoms with Crippen LogP contribution in [0.3, 0.4) is 0 Å². The molecule has 2 aromatic heterocycles. The van der Waals surface area contributed by atoms with Gasteiger partial charge in [-0.3, -0.25) is 14.8 Å². The third-order valence-electron chi connectivity index (χ3n) is 2.48. The normalized spacial score (nSPS) is 10.4. The number of nitro groups is 1. The van der Waals surface area contributed by atoms with Crippen LogP contribution in [0.15, 0.2) is 18.6 Å². The van der Waals surface area contributed by atoms with E-state index in [1.165, 1.54) is 6.33 Å². The highest BCUT2D eigenvalue weighted by Gasteiger charge is 2.20. The molecule has 0 unspecified atom stereocenters. The highest BCUT2D eigenvalue weighted by atomic mass is 16.6. The number of hydrogen-bond donors (Lipinski definition) is 2. The summed E-state index contributed by atoms with van der Waals surface area (Å²) in [5, 5.41) is 17.9. The van der Waals surface area contributed by atoms with Gasteiger partial charge in [0.1, 0.15) is 6.33 Å². The van der Waals surface area contributed by atoms with Crippen LogP contribution in [0.25, 0.3) is 0 Å². The van der Waals surface area contributed by atoms with Gasteiger partial charge in [0.2, 0.25) is 11.6 Å². The number of nitrogen functional groups attached to an aromatic ring is 1. The van der Waals surface area contributed by atoms with Crippen molar-refractivity contribution >= 4 is 17.3 Å². The molecule has 0 aliphatic carbocycles. The monoisotopic (exact) mass is 263 g/mol. The summed E-state index contributed by atoms with van der Waals surface area (Å²) in [5.41, 5.74) is 6.05. The lowest BCUT2D eigenvalue weighted by atomic mass is 10.3. The van der Waals surface area contributed by atoms with Crippen LogP contribution >= 0.6 is 0 Å². The number of nitrogens with zero attached hydrogens (tertiary/aromatic N) is 5. The number of hydrogen-bond acceptors (Lipinski definition) is 7. The van der Waals surface area contributed by atoms with Crippen molar-refractivity contribution in [3.63, 3.8) is 0 Å². The Hall–Kier alpha value is -2.71. The summed E-state index contributed by atoms with van der Waals surface area (Å²) in [7, 11) is 1.83. The maximum atomic E-state index is 10.9. The molecule has 2 heterocycles. The van der Waals surface area contributed by atoms with Crippen LogP contribution in [0.5, 0.6) is 0 Å². The van der Waals surface area contributed by atoms with E-state index in [0.717, 1.165) is 5.69 Å². The highest BCUT2D eigenvalue weighted by Crippen LogP contribution is 2.25. The van der Waals surface area contributed by atoms with E-state index in [9.17, 15) is 10.1 Å². The molecule has 2 rings (SSSR count). The molecule has 0 saturated heterocycles. The molecule has 0 fully saturated rings. The van der Waals surface area contributed by atoms with Crippen LogP contribution in [-0.4, -0.2) is 31.2 Å². The summed E-state index contributed by atoms with van der Waals surface area (Å²) in [6.45, 7) is 0.467. The van der Waals surface area contributed by atoms with E-state index in [4.69, 9.17) is 5.73 Å². The molecule has 19 heavy (non-hydrogen) atoms. The fourth-order valence-corrected chi connectivity index (χ4v) is 1.61. The number of nitrogens with two attached hydrogens (primary N) is 1. The molecule has 0 aliphatic heterocycles. The molecule has 0 saturated carbocycles. The van der Waals surface area contributed by atoms with Crippen LogP contribution in [0, 0.1) is 10.1 Å². The Morgan fingerprint density at radius 1 is 1.53 bits per heavy atom. The van der Waals surface area contributed by atoms with Crippen molar-refractivity contribution in [3.05, 3.63) is 34.4 Å². The minimum absolute atomic E-state index is 0.119. The fraction of sp³-hybridized carbons (Fsp3) is 0.300. The number of aryl methyl sites for hydroxylation is 1. The van der Waals surface area contributed by atoms with Crippen molar-refractivity contribution in [1.82, 2.24) is 19.7 Å². The van der Waals surface area contributed by atoms with Crippen molar-refractivity contribution in [2.45, 2.75) is 6.42 Å². The van der Waals surface area contributed by atoms with Gasteiger partial charge in [-0.25, -0.2) is 9.97 Å². The summed E-state index contributed by atoms with van der Waals surface area (Å²) in [5.74, 6) is -0.0335. The molecule has 0 atom stereocenters. The minimum atomic E-state index is -0.599. The Morgan fingerprint density at radius 2 is 2.32 bits per heavy atom. The van der Waals surface area contributed by atoms with E-state index in [1.54, 1.807) is 4.68 Å². The van der Waals surface area contributed by atoms with E-state index in [2.05, 4.69) is 20.4 Å². The van der Waals surface area contributed by atoms with Crippen molar-refractivity contribution < 1.29 is 4.92 Å². The molecule has 0 aliphatic rings. The van der Waals surface area contributed by atoms with Gasteiger partial charge in [0.15, 0.2) is 0 Å². The van der Waals surface area contributed by atoms with Crippen molar-refractivity contribution in [2.24, 2.45) is 7.05 Å². The molecule has 0 bridgehead atoms. The van der Waals surface area contributed by atoms with E-state index in [-0.39, 0.29) is 17.3 Å². The molecule has 100 valence electrons.